The average molecular weight is 363 g/mol. The molecule has 0 amide bonds. The molecule has 4 nitrogen and oxygen atoms in total. The molecule has 0 aromatic carbocycles. The predicted octanol–water partition coefficient (Wildman–Crippen LogP) is 3.93. The second kappa shape index (κ2) is 11.3. The number of unbranched alkanes of at least 4 members (excludes halogenated alkanes) is 2. The van der Waals surface area contributed by atoms with Gasteiger partial charge in [-0.1, -0.05) is 26.2 Å². The van der Waals surface area contributed by atoms with Crippen LogP contribution in [0.4, 0.5) is 13.2 Å². The van der Waals surface area contributed by atoms with E-state index in [1.807, 2.05) is 0 Å². The maximum absolute atomic E-state index is 12.7. The Labute approximate surface area is 139 Å². The van der Waals surface area contributed by atoms with Crippen LogP contribution in [-0.2, 0) is 10.1 Å². The molecule has 0 aromatic rings. The van der Waals surface area contributed by atoms with Crippen molar-refractivity contribution in [2.24, 2.45) is 0 Å². The van der Waals surface area contributed by atoms with Crippen molar-refractivity contribution in [1.82, 2.24) is 0 Å². The van der Waals surface area contributed by atoms with E-state index in [0.29, 0.717) is 12.8 Å². The zero-order valence-electron chi connectivity index (χ0n) is 14.9. The number of nitrogens with zero attached hydrogens (tertiary/aromatic N) is 1. The lowest BCUT2D eigenvalue weighted by Crippen LogP contribution is -2.47. The highest BCUT2D eigenvalue weighted by molar-refractivity contribution is 7.86. The lowest BCUT2D eigenvalue weighted by molar-refractivity contribution is -0.921. The molecule has 0 aliphatic rings. The Hall–Kier alpha value is -0.340. The minimum atomic E-state index is -5.90. The van der Waals surface area contributed by atoms with Crippen LogP contribution in [0.5, 0.6) is 0 Å². The van der Waals surface area contributed by atoms with Crippen molar-refractivity contribution in [3.8, 4) is 0 Å². The molecule has 0 aliphatic carbocycles. The Kier molecular flexibility index (Phi) is 12.2. The van der Waals surface area contributed by atoms with E-state index in [4.69, 9.17) is 0 Å². The molecule has 0 fully saturated rings. The van der Waals surface area contributed by atoms with E-state index in [1.54, 1.807) is 6.92 Å². The van der Waals surface area contributed by atoms with Crippen molar-refractivity contribution in [3.63, 3.8) is 0 Å². The normalized spacial score (nSPS) is 14.1. The third-order valence-corrected chi connectivity index (χ3v) is 5.36. The molecule has 142 valence electrons. The van der Waals surface area contributed by atoms with Crippen LogP contribution in [-0.4, -0.2) is 55.1 Å². The lowest BCUT2D eigenvalue weighted by atomic mass is 10.1. The second-order valence-electron chi connectivity index (χ2n) is 5.59. The Morgan fingerprint density at radius 3 is 1.57 bits per heavy atom. The summed E-state index contributed by atoms with van der Waals surface area (Å²) in [5.41, 5.74) is 0. The van der Waals surface area contributed by atoms with Gasteiger partial charge in [0.05, 0.1) is 26.2 Å². The van der Waals surface area contributed by atoms with E-state index in [-0.39, 0.29) is 6.42 Å². The summed E-state index contributed by atoms with van der Waals surface area (Å²) in [6, 6.07) is 0. The summed E-state index contributed by atoms with van der Waals surface area (Å²) in [4.78, 5) is 0. The molecule has 1 unspecified atom stereocenters. The summed E-state index contributed by atoms with van der Waals surface area (Å²) in [7, 11) is -5.90. The summed E-state index contributed by atoms with van der Waals surface area (Å²) in [5, 5.41) is -4.80. The van der Waals surface area contributed by atoms with Crippen molar-refractivity contribution < 1.29 is 30.6 Å². The van der Waals surface area contributed by atoms with Gasteiger partial charge in [0.15, 0.2) is 16.3 Å². The fourth-order valence-electron chi connectivity index (χ4n) is 2.24. The van der Waals surface area contributed by atoms with Crippen LogP contribution in [0.3, 0.4) is 0 Å². The summed E-state index contributed by atoms with van der Waals surface area (Å²) in [6.07, 6.45) is -2.15. The van der Waals surface area contributed by atoms with Gasteiger partial charge in [0.1, 0.15) is 0 Å². The predicted molar refractivity (Wildman–Crippen MR) is 86.1 cm³/mol. The smallest absolute Gasteiger partial charge is 0.364 e. The number of hydrogen-bond acceptors (Lipinski definition) is 3. The van der Waals surface area contributed by atoms with Crippen LogP contribution in [0.25, 0.3) is 0 Å². The summed E-state index contributed by atoms with van der Waals surface area (Å²) in [6.45, 7) is 16.0. The highest BCUT2D eigenvalue weighted by Crippen LogP contribution is 2.30. The zero-order valence-corrected chi connectivity index (χ0v) is 15.8. The van der Waals surface area contributed by atoms with Crippen LogP contribution >= 0.6 is 0 Å². The number of hydrogen-bond donors (Lipinski definition) is 0. The maximum atomic E-state index is 12.7. The molecule has 0 bridgehead atoms. The zero-order chi connectivity index (χ0) is 18.7. The Balaban J connectivity index is 0. The number of alkyl halides is 3. The van der Waals surface area contributed by atoms with E-state index in [9.17, 15) is 26.1 Å². The fraction of sp³-hybridized carbons (Fsp3) is 1.00. The Morgan fingerprint density at radius 2 is 1.35 bits per heavy atom. The number of rotatable bonds is 10. The van der Waals surface area contributed by atoms with Crippen LogP contribution in [0.1, 0.15) is 60.3 Å². The quantitative estimate of drug-likeness (QED) is 0.336. The molecule has 23 heavy (non-hydrogen) atoms. The third-order valence-electron chi connectivity index (χ3n) is 4.44. The van der Waals surface area contributed by atoms with Crippen LogP contribution < -0.4 is 0 Å². The highest BCUT2D eigenvalue weighted by Gasteiger charge is 2.46. The maximum Gasteiger partial charge on any atom is 0.364 e. The molecule has 0 aliphatic heterocycles. The van der Waals surface area contributed by atoms with Crippen LogP contribution in [0.2, 0.25) is 0 Å². The topological polar surface area (TPSA) is 57.2 Å². The van der Waals surface area contributed by atoms with Crippen molar-refractivity contribution in [3.05, 3.63) is 0 Å². The molecular formula is C15H32F3NO3S. The molecule has 1 atom stereocenters. The third kappa shape index (κ3) is 8.35. The molecule has 0 aromatic heterocycles. The largest absolute Gasteiger partial charge is 0.743 e. The van der Waals surface area contributed by atoms with Gasteiger partial charge < -0.3 is 9.04 Å². The Morgan fingerprint density at radius 1 is 0.957 bits per heavy atom. The first-order valence-corrected chi connectivity index (χ1v) is 9.71. The van der Waals surface area contributed by atoms with E-state index < -0.39 is 28.0 Å². The van der Waals surface area contributed by atoms with E-state index in [2.05, 4.69) is 27.7 Å². The van der Waals surface area contributed by atoms with Gasteiger partial charge in [-0.3, -0.25) is 0 Å². The lowest BCUT2D eigenvalue weighted by Gasteiger charge is -2.34. The molecule has 0 radical (unpaired) electrons. The second-order valence-corrected chi connectivity index (χ2v) is 7.04. The molecule has 0 N–H and O–H groups in total. The molecule has 0 rings (SSSR count). The minimum Gasteiger partial charge on any atom is -0.743 e. The van der Waals surface area contributed by atoms with Crippen molar-refractivity contribution in [2.45, 2.75) is 71.7 Å². The molecular weight excluding hydrogens is 331 g/mol. The van der Waals surface area contributed by atoms with Crippen LogP contribution in [0.15, 0.2) is 0 Å². The van der Waals surface area contributed by atoms with Gasteiger partial charge in [0.2, 0.25) is 0 Å². The minimum absolute atomic E-state index is 0.142. The van der Waals surface area contributed by atoms with E-state index in [0.717, 1.165) is 0 Å². The molecule has 0 heterocycles. The van der Waals surface area contributed by atoms with Crippen molar-refractivity contribution in [2.75, 3.05) is 26.2 Å². The summed E-state index contributed by atoms with van der Waals surface area (Å²) < 4.78 is 68.8. The number of quaternary nitrogens is 1. The van der Waals surface area contributed by atoms with Crippen LogP contribution in [0, 0.1) is 0 Å². The monoisotopic (exact) mass is 363 g/mol. The van der Waals surface area contributed by atoms with Crippen molar-refractivity contribution >= 4 is 10.1 Å². The van der Waals surface area contributed by atoms with E-state index >= 15 is 0 Å². The van der Waals surface area contributed by atoms with Gasteiger partial charge in [-0.05, 0) is 34.1 Å². The average Bonchev–Trinajstić information content (AvgIpc) is 2.50. The first-order valence-electron chi connectivity index (χ1n) is 8.30. The molecule has 8 heteroatoms. The highest BCUT2D eigenvalue weighted by atomic mass is 32.2. The van der Waals surface area contributed by atoms with Gasteiger partial charge in [-0.25, -0.2) is 12.8 Å². The van der Waals surface area contributed by atoms with Crippen molar-refractivity contribution in [1.29, 1.82) is 0 Å². The fourth-order valence-corrected chi connectivity index (χ4v) is 2.67. The SMILES string of the molecule is CCCCCC(F)C(F)(F)S(=O)(=O)[O-].CC[N+](CC)(CC)CC. The van der Waals surface area contributed by atoms with Gasteiger partial charge in [-0.2, -0.15) is 8.78 Å². The van der Waals surface area contributed by atoms with Gasteiger partial charge in [0.25, 0.3) is 0 Å². The standard InChI is InChI=1S/C8H20N.C7H13F3O3S/c1-5-9(6-2,7-3)8-4;1-2-3-4-5-6(8)7(9,10)14(11,12)13/h5-8H2,1-4H3;6H,2-5H2,1H3,(H,11,12,13)/q+1;/p-1. The molecule has 0 spiro atoms. The van der Waals surface area contributed by atoms with Gasteiger partial charge in [0, 0.05) is 0 Å². The van der Waals surface area contributed by atoms with Gasteiger partial charge >= 0.3 is 5.25 Å². The van der Waals surface area contributed by atoms with Gasteiger partial charge in [-0.15, -0.1) is 0 Å². The van der Waals surface area contributed by atoms with E-state index in [1.165, 1.54) is 30.7 Å². The first-order chi connectivity index (χ1) is 10.5. The Bertz CT molecular complexity index is 381. The first kappa shape index (κ1) is 24.9. The summed E-state index contributed by atoms with van der Waals surface area (Å²) in [5.74, 6) is 0. The molecule has 0 saturated heterocycles. The summed E-state index contributed by atoms with van der Waals surface area (Å²) >= 11 is 0. The number of halogens is 3. The molecule has 0 saturated carbocycles.